The van der Waals surface area contributed by atoms with Crippen LogP contribution < -0.4 is 0 Å². The molecule has 40 valence electrons. The standard InChI is InChI=1S/NO3.2Pd/c2-1(3)4;;/q-1;2*+2. The van der Waals surface area contributed by atoms with Crippen molar-refractivity contribution in [2.45, 2.75) is 0 Å². The summed E-state index contributed by atoms with van der Waals surface area (Å²) in [4.78, 5) is 8.25. The van der Waals surface area contributed by atoms with E-state index in [0.717, 1.165) is 0 Å². The molecule has 0 radical (unpaired) electrons. The van der Waals surface area contributed by atoms with E-state index in [9.17, 15) is 0 Å². The Balaban J connectivity index is -0.0000000450. The first-order valence-corrected chi connectivity index (χ1v) is 0.548. The van der Waals surface area contributed by atoms with Gasteiger partial charge in [-0.15, -0.1) is 0 Å². The summed E-state index contributed by atoms with van der Waals surface area (Å²) in [5.41, 5.74) is 0. The molecule has 0 aromatic carbocycles. The Morgan fingerprint density at radius 2 is 1.17 bits per heavy atom. The molecule has 0 amide bonds. The summed E-state index contributed by atoms with van der Waals surface area (Å²) < 4.78 is 0. The van der Waals surface area contributed by atoms with E-state index in [4.69, 9.17) is 15.3 Å². The molecule has 0 unspecified atom stereocenters. The molecular weight excluding hydrogens is 275 g/mol. The molecule has 0 saturated heterocycles. The maximum atomic E-state index is 8.25. The van der Waals surface area contributed by atoms with Crippen molar-refractivity contribution in [1.82, 2.24) is 0 Å². The molecule has 0 aliphatic heterocycles. The molecule has 6 heavy (non-hydrogen) atoms. The molecule has 0 N–H and O–H groups in total. The minimum Gasteiger partial charge on any atom is -0.356 e. The van der Waals surface area contributed by atoms with E-state index in [2.05, 4.69) is 0 Å². The van der Waals surface area contributed by atoms with Crippen LogP contribution in [0.2, 0.25) is 0 Å². The zero-order valence-corrected chi connectivity index (χ0v) is 5.41. The normalized spacial score (nSPS) is 4.00. The molecule has 0 aliphatic rings. The van der Waals surface area contributed by atoms with Crippen molar-refractivity contribution >= 4 is 0 Å². The summed E-state index contributed by atoms with van der Waals surface area (Å²) in [5, 5.41) is 14.8. The maximum Gasteiger partial charge on any atom is 2.00 e. The van der Waals surface area contributed by atoms with Gasteiger partial charge < -0.3 is 15.3 Å². The van der Waals surface area contributed by atoms with Crippen LogP contribution in [-0.4, -0.2) is 5.09 Å². The van der Waals surface area contributed by atoms with E-state index in [1.54, 1.807) is 0 Å². The molecule has 0 spiro atoms. The second-order valence-electron chi connectivity index (χ2n) is 0.224. The molecule has 0 rings (SSSR count). The summed E-state index contributed by atoms with van der Waals surface area (Å²) in [7, 11) is 0. The van der Waals surface area contributed by atoms with Gasteiger partial charge in [0.25, 0.3) is 0 Å². The van der Waals surface area contributed by atoms with Crippen LogP contribution in [0.5, 0.6) is 0 Å². The molecule has 0 aromatic rings. The fourth-order valence-electron chi connectivity index (χ4n) is 0. The number of hydrogen-bond donors (Lipinski definition) is 0. The average Bonchev–Trinajstić information content (AvgIpc) is 0.811. The van der Waals surface area contributed by atoms with Crippen LogP contribution in [0.1, 0.15) is 0 Å². The Labute approximate surface area is 61.3 Å². The van der Waals surface area contributed by atoms with Crippen LogP contribution in [0.25, 0.3) is 0 Å². The minimum absolute atomic E-state index is 0. The summed E-state index contributed by atoms with van der Waals surface area (Å²) >= 11 is 0. The molecule has 0 fully saturated rings. The van der Waals surface area contributed by atoms with Crippen LogP contribution in [0.4, 0.5) is 0 Å². The zero-order valence-electron chi connectivity index (χ0n) is 2.30. The van der Waals surface area contributed by atoms with Crippen LogP contribution in [0.3, 0.4) is 0 Å². The third-order valence-corrected chi connectivity index (χ3v) is 0. The molecule has 0 aliphatic carbocycles. The van der Waals surface area contributed by atoms with Gasteiger partial charge in [0.2, 0.25) is 0 Å². The molecule has 0 saturated carbocycles. The van der Waals surface area contributed by atoms with Gasteiger partial charge in [0.05, 0.1) is 5.09 Å². The van der Waals surface area contributed by atoms with Crippen LogP contribution >= 0.6 is 0 Å². The first kappa shape index (κ1) is 16.0. The van der Waals surface area contributed by atoms with Gasteiger partial charge in [-0.3, -0.25) is 0 Å². The first-order valence-electron chi connectivity index (χ1n) is 0.548. The molecule has 0 heterocycles. The van der Waals surface area contributed by atoms with Gasteiger partial charge in [-0.25, -0.2) is 0 Å². The topological polar surface area (TPSA) is 66.2 Å². The van der Waals surface area contributed by atoms with E-state index in [1.165, 1.54) is 0 Å². The van der Waals surface area contributed by atoms with Crippen LogP contribution in [0.15, 0.2) is 0 Å². The molecule has 0 bridgehead atoms. The Kier molecular flexibility index (Phi) is 24.3. The van der Waals surface area contributed by atoms with Gasteiger partial charge in [0, 0.05) is 0 Å². The Hall–Kier alpha value is 0.525. The second-order valence-corrected chi connectivity index (χ2v) is 0.224. The van der Waals surface area contributed by atoms with Gasteiger partial charge in [0.15, 0.2) is 0 Å². The van der Waals surface area contributed by atoms with Gasteiger partial charge in [-0.2, -0.15) is 0 Å². The monoisotopic (exact) mass is 274 g/mol. The number of rotatable bonds is 0. The van der Waals surface area contributed by atoms with Crippen LogP contribution in [0, 0.1) is 15.3 Å². The van der Waals surface area contributed by atoms with Crippen molar-refractivity contribution in [1.29, 1.82) is 0 Å². The maximum absolute atomic E-state index is 8.25. The Morgan fingerprint density at radius 3 is 1.17 bits per heavy atom. The van der Waals surface area contributed by atoms with E-state index < -0.39 is 5.09 Å². The third kappa shape index (κ3) is 204. The molecule has 4 nitrogen and oxygen atoms in total. The van der Waals surface area contributed by atoms with E-state index in [0.29, 0.717) is 0 Å². The quantitative estimate of drug-likeness (QED) is 0.348. The van der Waals surface area contributed by atoms with Crippen molar-refractivity contribution < 1.29 is 45.9 Å². The second kappa shape index (κ2) is 9.10. The number of hydrogen-bond acceptors (Lipinski definition) is 3. The molecule has 6 heteroatoms. The first-order chi connectivity index (χ1) is 1.73. The van der Waals surface area contributed by atoms with Gasteiger partial charge in [-0.1, -0.05) is 0 Å². The fourth-order valence-corrected chi connectivity index (χ4v) is 0. The number of nitrogens with zero attached hydrogens (tertiary/aromatic N) is 1. The molecule has 0 atom stereocenters. The van der Waals surface area contributed by atoms with Gasteiger partial charge in [-0.05, 0) is 0 Å². The molecular formula is NO3Pd2+3. The minimum atomic E-state index is -1.75. The van der Waals surface area contributed by atoms with Crippen molar-refractivity contribution in [2.75, 3.05) is 0 Å². The summed E-state index contributed by atoms with van der Waals surface area (Å²) in [6.45, 7) is 0. The van der Waals surface area contributed by atoms with Crippen molar-refractivity contribution in [3.05, 3.63) is 15.3 Å². The Morgan fingerprint density at radius 1 is 1.17 bits per heavy atom. The largest absolute Gasteiger partial charge is 2.00 e. The molecule has 0 aromatic heterocycles. The van der Waals surface area contributed by atoms with E-state index in [-0.39, 0.29) is 40.8 Å². The predicted molar refractivity (Wildman–Crippen MR) is 10.4 cm³/mol. The third-order valence-electron chi connectivity index (χ3n) is 0. The SMILES string of the molecule is O=[N+]([O-])[O-].[Pd+2].[Pd+2]. The van der Waals surface area contributed by atoms with Crippen LogP contribution in [-0.2, 0) is 40.8 Å². The smallest absolute Gasteiger partial charge is 0.356 e. The summed E-state index contributed by atoms with van der Waals surface area (Å²) in [6, 6.07) is 0. The summed E-state index contributed by atoms with van der Waals surface area (Å²) in [5.74, 6) is 0. The average molecular weight is 275 g/mol. The zero-order chi connectivity index (χ0) is 3.58. The fraction of sp³-hybridized carbons (Fsp3) is 0. The van der Waals surface area contributed by atoms with E-state index in [1.807, 2.05) is 0 Å². The van der Waals surface area contributed by atoms with Crippen molar-refractivity contribution in [3.8, 4) is 0 Å². The van der Waals surface area contributed by atoms with Crippen molar-refractivity contribution in [3.63, 3.8) is 0 Å². The van der Waals surface area contributed by atoms with Crippen molar-refractivity contribution in [2.24, 2.45) is 0 Å². The van der Waals surface area contributed by atoms with Gasteiger partial charge in [0.1, 0.15) is 0 Å². The van der Waals surface area contributed by atoms with E-state index >= 15 is 0 Å². The Bertz CT molecular complexity index is 31.8. The predicted octanol–water partition coefficient (Wildman–Crippen LogP) is -0.244. The van der Waals surface area contributed by atoms with Gasteiger partial charge >= 0.3 is 40.8 Å². The summed E-state index contributed by atoms with van der Waals surface area (Å²) in [6.07, 6.45) is 0.